The number of rotatable bonds is 2. The fraction of sp³-hybridized carbons (Fsp3) is 0.385. The van der Waals surface area contributed by atoms with Crippen molar-refractivity contribution in [1.29, 1.82) is 0 Å². The number of hydrogen-bond acceptors (Lipinski definition) is 3. The summed E-state index contributed by atoms with van der Waals surface area (Å²) in [5, 5.41) is 11.4. The van der Waals surface area contributed by atoms with Crippen molar-refractivity contribution in [1.82, 2.24) is 20.5 Å². The lowest BCUT2D eigenvalue weighted by atomic mass is 9.98. The first-order valence-electron chi connectivity index (χ1n) is 6.22. The summed E-state index contributed by atoms with van der Waals surface area (Å²) in [6, 6.07) is 7.63. The maximum Gasteiger partial charge on any atom is 0.181 e. The molecule has 0 atom stereocenters. The van der Waals surface area contributed by atoms with Crippen LogP contribution in [0.3, 0.4) is 0 Å². The van der Waals surface area contributed by atoms with E-state index in [1.54, 1.807) is 0 Å². The fourth-order valence-electron chi connectivity index (χ4n) is 2.31. The lowest BCUT2D eigenvalue weighted by Crippen LogP contribution is -2.27. The average molecular weight is 336 g/mol. The van der Waals surface area contributed by atoms with Gasteiger partial charge in [-0.15, -0.1) is 24.8 Å². The molecule has 2 aromatic rings. The van der Waals surface area contributed by atoms with E-state index in [2.05, 4.69) is 20.5 Å². The second kappa shape index (κ2) is 7.84. The van der Waals surface area contributed by atoms with Gasteiger partial charge in [0.1, 0.15) is 5.82 Å². The smallest absolute Gasteiger partial charge is 0.181 e. The van der Waals surface area contributed by atoms with Gasteiger partial charge in [-0.25, -0.2) is 4.98 Å². The molecule has 1 aliphatic rings. The van der Waals surface area contributed by atoms with Crippen molar-refractivity contribution in [2.45, 2.75) is 18.8 Å². The zero-order valence-electron chi connectivity index (χ0n) is 10.8. The first-order valence-corrected chi connectivity index (χ1v) is 6.60. The predicted octanol–water partition coefficient (Wildman–Crippen LogP) is 3.44. The van der Waals surface area contributed by atoms with E-state index in [0.717, 1.165) is 43.1 Å². The standard InChI is InChI=1S/C13H15ClN4.2ClH/c14-11-3-1-2-10(8-11)13-16-12(17-18-13)9-4-6-15-7-5-9;;/h1-3,8-9,15H,4-7H2,(H,16,17,18);2*1H. The molecule has 0 saturated carbocycles. The molecular weight excluding hydrogens is 319 g/mol. The highest BCUT2D eigenvalue weighted by Gasteiger charge is 2.19. The third kappa shape index (κ3) is 3.85. The summed E-state index contributed by atoms with van der Waals surface area (Å²) >= 11 is 5.98. The lowest BCUT2D eigenvalue weighted by molar-refractivity contribution is 0.446. The van der Waals surface area contributed by atoms with E-state index in [-0.39, 0.29) is 24.8 Å². The van der Waals surface area contributed by atoms with E-state index in [9.17, 15) is 0 Å². The third-order valence-electron chi connectivity index (χ3n) is 3.31. The van der Waals surface area contributed by atoms with Gasteiger partial charge in [0.05, 0.1) is 0 Å². The molecule has 1 fully saturated rings. The summed E-state index contributed by atoms with van der Waals surface area (Å²) in [6.45, 7) is 2.11. The maximum absolute atomic E-state index is 5.98. The van der Waals surface area contributed by atoms with E-state index in [1.807, 2.05) is 24.3 Å². The topological polar surface area (TPSA) is 53.6 Å². The molecule has 0 radical (unpaired) electrons. The first-order chi connectivity index (χ1) is 8.83. The molecule has 0 unspecified atom stereocenters. The van der Waals surface area contributed by atoms with Crippen LogP contribution in [0.25, 0.3) is 11.4 Å². The zero-order chi connectivity index (χ0) is 12.4. The molecule has 20 heavy (non-hydrogen) atoms. The molecule has 3 rings (SSSR count). The van der Waals surface area contributed by atoms with Gasteiger partial charge in [0, 0.05) is 16.5 Å². The summed E-state index contributed by atoms with van der Waals surface area (Å²) in [7, 11) is 0. The molecule has 1 saturated heterocycles. The quantitative estimate of drug-likeness (QED) is 0.884. The molecule has 1 aromatic heterocycles. The molecule has 1 aliphatic heterocycles. The monoisotopic (exact) mass is 334 g/mol. The van der Waals surface area contributed by atoms with E-state index >= 15 is 0 Å². The number of nitrogens with zero attached hydrogens (tertiary/aromatic N) is 2. The minimum atomic E-state index is 0. The highest BCUT2D eigenvalue weighted by Crippen LogP contribution is 2.25. The van der Waals surface area contributed by atoms with Crippen LogP contribution in [0, 0.1) is 0 Å². The molecule has 0 amide bonds. The average Bonchev–Trinajstić information content (AvgIpc) is 2.89. The van der Waals surface area contributed by atoms with E-state index in [0.29, 0.717) is 10.9 Å². The van der Waals surface area contributed by atoms with Crippen LogP contribution >= 0.6 is 36.4 Å². The number of piperidine rings is 1. The van der Waals surface area contributed by atoms with Crippen LogP contribution in [-0.4, -0.2) is 28.3 Å². The molecule has 1 aromatic carbocycles. The summed E-state index contributed by atoms with van der Waals surface area (Å²) in [6.07, 6.45) is 2.23. The molecule has 4 nitrogen and oxygen atoms in total. The van der Waals surface area contributed by atoms with Crippen molar-refractivity contribution in [3.05, 3.63) is 35.1 Å². The summed E-state index contributed by atoms with van der Waals surface area (Å²) in [5.74, 6) is 2.21. The zero-order valence-corrected chi connectivity index (χ0v) is 13.2. The molecule has 7 heteroatoms. The van der Waals surface area contributed by atoms with Crippen LogP contribution in [0.15, 0.2) is 24.3 Å². The van der Waals surface area contributed by atoms with Gasteiger partial charge >= 0.3 is 0 Å². The normalized spacial score (nSPS) is 15.2. The van der Waals surface area contributed by atoms with Crippen LogP contribution in [0.2, 0.25) is 5.02 Å². The van der Waals surface area contributed by atoms with Crippen LogP contribution in [0.1, 0.15) is 24.6 Å². The largest absolute Gasteiger partial charge is 0.317 e. The Morgan fingerprint density at radius 1 is 1.15 bits per heavy atom. The number of aromatic nitrogens is 3. The highest BCUT2D eigenvalue weighted by molar-refractivity contribution is 6.30. The number of H-pyrrole nitrogens is 1. The Labute approximate surface area is 135 Å². The van der Waals surface area contributed by atoms with Gasteiger partial charge in [0.15, 0.2) is 5.82 Å². The van der Waals surface area contributed by atoms with Crippen molar-refractivity contribution < 1.29 is 0 Å². The van der Waals surface area contributed by atoms with Gasteiger partial charge < -0.3 is 5.32 Å². The van der Waals surface area contributed by atoms with Crippen LogP contribution in [0.5, 0.6) is 0 Å². The van der Waals surface area contributed by atoms with Crippen molar-refractivity contribution in [3.63, 3.8) is 0 Å². The van der Waals surface area contributed by atoms with Crippen molar-refractivity contribution in [2.75, 3.05) is 13.1 Å². The Bertz CT molecular complexity index is 538. The maximum atomic E-state index is 5.98. The Morgan fingerprint density at radius 3 is 2.60 bits per heavy atom. The van der Waals surface area contributed by atoms with Gasteiger partial charge in [-0.2, -0.15) is 5.10 Å². The molecule has 0 spiro atoms. The molecule has 0 aliphatic carbocycles. The molecule has 110 valence electrons. The predicted molar refractivity (Wildman–Crippen MR) is 86.2 cm³/mol. The van der Waals surface area contributed by atoms with Gasteiger partial charge in [0.25, 0.3) is 0 Å². The Balaban J connectivity index is 0.000001000. The van der Waals surface area contributed by atoms with Crippen LogP contribution < -0.4 is 5.32 Å². The SMILES string of the molecule is Cl.Cl.Clc1cccc(-c2n[nH]c(C3CCNCC3)n2)c1. The number of hydrogen-bond donors (Lipinski definition) is 2. The van der Waals surface area contributed by atoms with Crippen LogP contribution in [0.4, 0.5) is 0 Å². The Hall–Kier alpha value is -0.810. The molecule has 0 bridgehead atoms. The van der Waals surface area contributed by atoms with Gasteiger partial charge in [0.2, 0.25) is 0 Å². The van der Waals surface area contributed by atoms with E-state index < -0.39 is 0 Å². The van der Waals surface area contributed by atoms with Crippen molar-refractivity contribution in [2.24, 2.45) is 0 Å². The summed E-state index contributed by atoms with van der Waals surface area (Å²) < 4.78 is 0. The minimum Gasteiger partial charge on any atom is -0.317 e. The van der Waals surface area contributed by atoms with Crippen molar-refractivity contribution >= 4 is 36.4 Å². The second-order valence-corrected chi connectivity index (χ2v) is 5.02. The summed E-state index contributed by atoms with van der Waals surface area (Å²) in [5.41, 5.74) is 0.957. The van der Waals surface area contributed by atoms with E-state index in [1.165, 1.54) is 0 Å². The second-order valence-electron chi connectivity index (χ2n) is 4.58. The minimum absolute atomic E-state index is 0. The summed E-state index contributed by atoms with van der Waals surface area (Å²) in [4.78, 5) is 4.59. The molecular formula is C13H17Cl3N4. The number of halogens is 3. The number of benzene rings is 1. The third-order valence-corrected chi connectivity index (χ3v) is 3.55. The van der Waals surface area contributed by atoms with Gasteiger partial charge in [-0.3, -0.25) is 5.10 Å². The molecule has 2 N–H and O–H groups in total. The Morgan fingerprint density at radius 2 is 1.90 bits per heavy atom. The Kier molecular flexibility index (Phi) is 6.76. The van der Waals surface area contributed by atoms with Crippen LogP contribution in [-0.2, 0) is 0 Å². The first kappa shape index (κ1) is 17.2. The molecule has 2 heterocycles. The number of nitrogens with one attached hydrogen (secondary N) is 2. The lowest BCUT2D eigenvalue weighted by Gasteiger charge is -2.19. The van der Waals surface area contributed by atoms with Crippen molar-refractivity contribution in [3.8, 4) is 11.4 Å². The fourth-order valence-corrected chi connectivity index (χ4v) is 2.50. The number of aromatic amines is 1. The highest BCUT2D eigenvalue weighted by atomic mass is 35.5. The van der Waals surface area contributed by atoms with Gasteiger partial charge in [-0.05, 0) is 38.1 Å². The van der Waals surface area contributed by atoms with Gasteiger partial charge in [-0.1, -0.05) is 23.7 Å². The van der Waals surface area contributed by atoms with E-state index in [4.69, 9.17) is 11.6 Å².